The highest BCUT2D eigenvalue weighted by atomic mass is 32.2. The lowest BCUT2D eigenvalue weighted by Crippen LogP contribution is -2.39. The van der Waals surface area contributed by atoms with Crippen molar-refractivity contribution in [3.63, 3.8) is 0 Å². The molecule has 16 heteroatoms. The molecule has 3 aromatic rings. The van der Waals surface area contributed by atoms with E-state index >= 15 is 8.78 Å². The van der Waals surface area contributed by atoms with Crippen molar-refractivity contribution in [1.82, 2.24) is 9.27 Å². The Morgan fingerprint density at radius 1 is 1.05 bits per heavy atom. The summed E-state index contributed by atoms with van der Waals surface area (Å²) in [5.74, 6) is -7.92. The maximum atomic E-state index is 15.1. The molecule has 2 aliphatic rings. The number of halogens is 6. The van der Waals surface area contributed by atoms with E-state index in [2.05, 4.69) is 19.4 Å². The van der Waals surface area contributed by atoms with Gasteiger partial charge in [-0.2, -0.15) is 26.0 Å². The normalized spacial score (nSPS) is 19.0. The molecule has 2 bridgehead atoms. The minimum Gasteiger partial charge on any atom is -0.378 e. The average molecular weight is 621 g/mol. The van der Waals surface area contributed by atoms with Gasteiger partial charge in [0, 0.05) is 36.1 Å². The van der Waals surface area contributed by atoms with E-state index in [0.717, 1.165) is 43.2 Å². The maximum Gasteiger partial charge on any atom is 0.493 e. The fraction of sp³-hybridized carbons (Fsp3) is 0.360. The molecule has 0 radical (unpaired) electrons. The van der Waals surface area contributed by atoms with Crippen LogP contribution in [0.5, 0.6) is 0 Å². The van der Waals surface area contributed by atoms with Crippen LogP contribution in [0.3, 0.4) is 0 Å². The van der Waals surface area contributed by atoms with Crippen molar-refractivity contribution in [3.8, 4) is 0 Å². The van der Waals surface area contributed by atoms with Gasteiger partial charge in [0.15, 0.2) is 17.5 Å². The zero-order chi connectivity index (χ0) is 29.5. The van der Waals surface area contributed by atoms with Crippen molar-refractivity contribution < 1.29 is 44.4 Å². The molecule has 2 aromatic carbocycles. The number of aromatic nitrogens is 1. The molecule has 0 amide bonds. The van der Waals surface area contributed by atoms with Crippen LogP contribution in [-0.2, 0) is 32.7 Å². The van der Waals surface area contributed by atoms with Gasteiger partial charge >= 0.3 is 12.1 Å². The van der Waals surface area contributed by atoms with Gasteiger partial charge in [-0.15, -0.1) is 0 Å². The Morgan fingerprint density at radius 2 is 1.73 bits per heavy atom. The van der Waals surface area contributed by atoms with Gasteiger partial charge < -0.3 is 10.2 Å². The summed E-state index contributed by atoms with van der Waals surface area (Å²) in [6.45, 7) is 0.225. The minimum absolute atomic E-state index is 0.226. The zero-order valence-corrected chi connectivity index (χ0v) is 22.6. The number of nitrogens with zero attached hydrogens (tertiary/aromatic N) is 3. The third-order valence-corrected chi connectivity index (χ3v) is 9.30. The summed E-state index contributed by atoms with van der Waals surface area (Å²) in [5, 5.41) is 3.74. The van der Waals surface area contributed by atoms with Gasteiger partial charge in [-0.1, -0.05) is 16.6 Å². The lowest BCUT2D eigenvalue weighted by atomic mass is 10.0. The minimum atomic E-state index is -5.60. The molecule has 0 aliphatic carbocycles. The van der Waals surface area contributed by atoms with Crippen LogP contribution in [0.15, 0.2) is 46.7 Å². The van der Waals surface area contributed by atoms with E-state index in [-0.39, 0.29) is 12.1 Å². The van der Waals surface area contributed by atoms with E-state index in [1.165, 1.54) is 6.07 Å². The van der Waals surface area contributed by atoms with Crippen LogP contribution in [0, 0.1) is 17.5 Å². The summed E-state index contributed by atoms with van der Waals surface area (Å²) in [7, 11) is -5.42. The van der Waals surface area contributed by atoms with Crippen molar-refractivity contribution in [2.24, 2.45) is 0 Å². The van der Waals surface area contributed by atoms with Gasteiger partial charge in [0.1, 0.15) is 10.7 Å². The molecule has 0 spiro atoms. The molecule has 2 fully saturated rings. The second-order valence-corrected chi connectivity index (χ2v) is 12.0. The van der Waals surface area contributed by atoms with Crippen LogP contribution in [0.4, 0.5) is 37.8 Å². The maximum absolute atomic E-state index is 15.1. The molecular formula is C25H22F6N4O4S2. The monoisotopic (exact) mass is 620 g/mol. The summed E-state index contributed by atoms with van der Waals surface area (Å²) in [6, 6.07) is 7.70. The Morgan fingerprint density at radius 3 is 2.34 bits per heavy atom. The summed E-state index contributed by atoms with van der Waals surface area (Å²) in [4.78, 5) is 16.3. The number of hydrogen-bond donors (Lipinski definition) is 1. The van der Waals surface area contributed by atoms with Crippen LogP contribution in [0.2, 0.25) is 0 Å². The Kier molecular flexibility index (Phi) is 7.91. The first-order chi connectivity index (χ1) is 19.4. The number of fused-ring (bicyclic) bond motifs is 2. The lowest BCUT2D eigenvalue weighted by molar-refractivity contribution is -0.199. The SMILES string of the molecule is O=C(ON(c1ccsn1)S(=O)(=O)c1ccc(NCc2c(F)cccc2CN2C3CCC2CC3)c(F)c1F)C(F)(F)F. The van der Waals surface area contributed by atoms with Gasteiger partial charge in [0.25, 0.3) is 10.0 Å². The van der Waals surface area contributed by atoms with Crippen molar-refractivity contribution in [1.29, 1.82) is 0 Å². The third-order valence-electron chi connectivity index (χ3n) is 7.18. The molecule has 2 saturated heterocycles. The quantitative estimate of drug-likeness (QED) is 0.249. The summed E-state index contributed by atoms with van der Waals surface area (Å²) in [5.41, 5.74) is 0.371. The summed E-state index contributed by atoms with van der Waals surface area (Å²) in [6.07, 6.45) is -1.31. The number of rotatable bonds is 9. The Balaban J connectivity index is 1.39. The molecule has 0 saturated carbocycles. The molecule has 5 rings (SSSR count). The highest BCUT2D eigenvalue weighted by molar-refractivity contribution is 7.92. The van der Waals surface area contributed by atoms with E-state index in [9.17, 15) is 30.8 Å². The molecule has 1 N–H and O–H groups in total. The van der Waals surface area contributed by atoms with Crippen LogP contribution in [0.1, 0.15) is 36.8 Å². The molecular weight excluding hydrogens is 598 g/mol. The van der Waals surface area contributed by atoms with Gasteiger partial charge in [0.2, 0.25) is 0 Å². The van der Waals surface area contributed by atoms with Crippen molar-refractivity contribution >= 4 is 39.0 Å². The molecule has 8 nitrogen and oxygen atoms in total. The Bertz CT molecular complexity index is 1530. The topological polar surface area (TPSA) is 91.8 Å². The number of sulfonamides is 1. The standard InChI is InChI=1S/C25H22F6N4O4S2/c26-18-3-1-2-14(13-34-15-4-5-16(34)7-6-15)17(18)12-32-19-8-9-20(23(28)22(19)27)41(37,38)35(21-10-11-40-33-21)39-24(36)25(29,30)31/h1-3,8-11,15-16,32H,4-7,12-13H2. The Labute approximate surface area is 234 Å². The fourth-order valence-electron chi connectivity index (χ4n) is 5.21. The predicted molar refractivity (Wildman–Crippen MR) is 136 cm³/mol. The number of anilines is 2. The highest BCUT2D eigenvalue weighted by Gasteiger charge is 2.46. The predicted octanol–water partition coefficient (Wildman–Crippen LogP) is 5.52. The smallest absolute Gasteiger partial charge is 0.378 e. The summed E-state index contributed by atoms with van der Waals surface area (Å²) < 4.78 is 112. The van der Waals surface area contributed by atoms with Crippen molar-refractivity contribution in [2.45, 2.75) is 61.9 Å². The van der Waals surface area contributed by atoms with Gasteiger partial charge in [-0.25, -0.2) is 18.0 Å². The zero-order valence-electron chi connectivity index (χ0n) is 21.0. The largest absolute Gasteiger partial charge is 0.493 e. The van der Waals surface area contributed by atoms with E-state index in [1.54, 1.807) is 12.1 Å². The van der Waals surface area contributed by atoms with E-state index in [4.69, 9.17) is 0 Å². The van der Waals surface area contributed by atoms with E-state index in [1.807, 2.05) is 0 Å². The van der Waals surface area contributed by atoms with Gasteiger partial charge in [-0.05, 0) is 67.0 Å². The highest BCUT2D eigenvalue weighted by Crippen LogP contribution is 2.39. The molecule has 220 valence electrons. The van der Waals surface area contributed by atoms with E-state index in [0.29, 0.717) is 41.8 Å². The number of carbonyl (C=O) groups excluding carboxylic acids is 1. The first-order valence-electron chi connectivity index (χ1n) is 12.4. The summed E-state index contributed by atoms with van der Waals surface area (Å²) >= 11 is 0.604. The lowest BCUT2D eigenvalue weighted by Gasteiger charge is -2.24. The molecule has 41 heavy (non-hydrogen) atoms. The van der Waals surface area contributed by atoms with Crippen molar-refractivity contribution in [3.05, 3.63) is 70.4 Å². The first kappa shape index (κ1) is 29.1. The average Bonchev–Trinajstić information content (AvgIpc) is 3.67. The molecule has 0 unspecified atom stereocenters. The van der Waals surface area contributed by atoms with Crippen LogP contribution in [0.25, 0.3) is 0 Å². The fourth-order valence-corrected chi connectivity index (χ4v) is 7.00. The second kappa shape index (κ2) is 11.1. The number of alkyl halides is 3. The number of nitrogens with one attached hydrogen (secondary N) is 1. The number of hydrogen-bond acceptors (Lipinski definition) is 8. The first-order valence-corrected chi connectivity index (χ1v) is 14.6. The molecule has 1 aromatic heterocycles. The number of carbonyl (C=O) groups is 1. The molecule has 3 heterocycles. The van der Waals surface area contributed by atoms with Gasteiger partial charge in [0.05, 0.1) is 5.69 Å². The molecule has 2 aliphatic heterocycles. The van der Waals surface area contributed by atoms with Crippen LogP contribution < -0.4 is 9.79 Å². The molecule has 0 atom stereocenters. The Hall–Kier alpha value is -3.37. The van der Waals surface area contributed by atoms with Gasteiger partial charge in [-0.3, -0.25) is 4.90 Å². The number of benzene rings is 2. The third kappa shape index (κ3) is 5.72. The van der Waals surface area contributed by atoms with Crippen LogP contribution >= 0.6 is 11.5 Å². The van der Waals surface area contributed by atoms with Crippen LogP contribution in [-0.4, -0.2) is 41.9 Å². The second-order valence-electron chi connectivity index (χ2n) is 9.57. The van der Waals surface area contributed by atoms with E-state index < -0.39 is 60.5 Å². The van der Waals surface area contributed by atoms with Crippen molar-refractivity contribution in [2.75, 3.05) is 9.79 Å².